The molecule has 2 saturated carbocycles. The summed E-state index contributed by atoms with van der Waals surface area (Å²) in [6, 6.07) is 1.43. The number of carbonyl (C=O) groups is 1. The van der Waals surface area contributed by atoms with Crippen LogP contribution in [0.4, 0.5) is 0 Å². The predicted molar refractivity (Wildman–Crippen MR) is 80.4 cm³/mol. The standard InChI is InChI=1S/C16H30N2O2/c1-12(20)17-14-7-9-15(10-8-14)18-16-6-4-2-3-5-13(16)11-19/h13-16,18-19H,2-11H2,1H3,(H,17,20). The third-order valence-electron chi connectivity index (χ3n) is 4.98. The summed E-state index contributed by atoms with van der Waals surface area (Å²) in [6.45, 7) is 1.92. The number of amides is 1. The van der Waals surface area contributed by atoms with Gasteiger partial charge in [-0.1, -0.05) is 19.3 Å². The fourth-order valence-corrected chi connectivity index (χ4v) is 3.82. The van der Waals surface area contributed by atoms with E-state index in [0.717, 1.165) is 32.1 Å². The monoisotopic (exact) mass is 282 g/mol. The number of carbonyl (C=O) groups excluding carboxylic acids is 1. The molecule has 2 atom stereocenters. The average molecular weight is 282 g/mol. The smallest absolute Gasteiger partial charge is 0.217 e. The molecule has 0 radical (unpaired) electrons. The van der Waals surface area contributed by atoms with Gasteiger partial charge in [-0.05, 0) is 44.4 Å². The van der Waals surface area contributed by atoms with E-state index in [1.807, 2.05) is 0 Å². The van der Waals surface area contributed by atoms with Crippen LogP contribution in [0.15, 0.2) is 0 Å². The SMILES string of the molecule is CC(=O)NC1CCC(NC2CCCCCC2CO)CC1. The Kier molecular flexibility index (Phi) is 6.30. The van der Waals surface area contributed by atoms with Gasteiger partial charge >= 0.3 is 0 Å². The van der Waals surface area contributed by atoms with Crippen LogP contribution in [-0.2, 0) is 4.79 Å². The van der Waals surface area contributed by atoms with Gasteiger partial charge in [0.15, 0.2) is 0 Å². The first kappa shape index (κ1) is 15.8. The van der Waals surface area contributed by atoms with Crippen LogP contribution in [-0.4, -0.2) is 35.7 Å². The van der Waals surface area contributed by atoms with Crippen LogP contribution in [0.5, 0.6) is 0 Å². The molecule has 0 aromatic heterocycles. The molecule has 2 aliphatic carbocycles. The van der Waals surface area contributed by atoms with Crippen molar-refractivity contribution in [2.75, 3.05) is 6.61 Å². The largest absolute Gasteiger partial charge is 0.396 e. The summed E-state index contributed by atoms with van der Waals surface area (Å²) in [4.78, 5) is 11.1. The molecule has 0 heterocycles. The topological polar surface area (TPSA) is 61.4 Å². The van der Waals surface area contributed by atoms with E-state index in [-0.39, 0.29) is 5.91 Å². The van der Waals surface area contributed by atoms with Gasteiger partial charge in [-0.15, -0.1) is 0 Å². The first-order valence-corrected chi connectivity index (χ1v) is 8.33. The third-order valence-corrected chi connectivity index (χ3v) is 4.98. The van der Waals surface area contributed by atoms with Crippen molar-refractivity contribution in [3.8, 4) is 0 Å². The highest BCUT2D eigenvalue weighted by Crippen LogP contribution is 2.26. The van der Waals surface area contributed by atoms with Crippen molar-refractivity contribution in [2.45, 2.75) is 82.8 Å². The van der Waals surface area contributed by atoms with Gasteiger partial charge in [-0.25, -0.2) is 0 Å². The number of hydrogen-bond acceptors (Lipinski definition) is 3. The molecule has 2 unspecified atom stereocenters. The molecule has 4 nitrogen and oxygen atoms in total. The van der Waals surface area contributed by atoms with Crippen molar-refractivity contribution >= 4 is 5.91 Å². The minimum absolute atomic E-state index is 0.0884. The van der Waals surface area contributed by atoms with E-state index in [9.17, 15) is 9.90 Å². The van der Waals surface area contributed by atoms with E-state index in [1.54, 1.807) is 6.92 Å². The van der Waals surface area contributed by atoms with Crippen molar-refractivity contribution in [2.24, 2.45) is 5.92 Å². The first-order valence-electron chi connectivity index (χ1n) is 8.33. The van der Waals surface area contributed by atoms with Crippen LogP contribution in [0.25, 0.3) is 0 Å². The molecule has 20 heavy (non-hydrogen) atoms. The summed E-state index contributed by atoms with van der Waals surface area (Å²) in [5.41, 5.74) is 0. The molecule has 2 aliphatic rings. The van der Waals surface area contributed by atoms with Crippen molar-refractivity contribution < 1.29 is 9.90 Å². The Morgan fingerprint density at radius 1 is 1.00 bits per heavy atom. The highest BCUT2D eigenvalue weighted by Gasteiger charge is 2.28. The van der Waals surface area contributed by atoms with E-state index >= 15 is 0 Å². The number of aliphatic hydroxyl groups is 1. The quantitative estimate of drug-likeness (QED) is 0.691. The van der Waals surface area contributed by atoms with Crippen LogP contribution in [0.3, 0.4) is 0 Å². The lowest BCUT2D eigenvalue weighted by Crippen LogP contribution is -2.47. The molecule has 116 valence electrons. The maximum absolute atomic E-state index is 11.1. The Bertz CT molecular complexity index is 301. The highest BCUT2D eigenvalue weighted by atomic mass is 16.3. The molecule has 4 heteroatoms. The molecule has 3 N–H and O–H groups in total. The number of nitrogens with one attached hydrogen (secondary N) is 2. The fraction of sp³-hybridized carbons (Fsp3) is 0.938. The summed E-state index contributed by atoms with van der Waals surface area (Å²) < 4.78 is 0. The second-order valence-corrected chi connectivity index (χ2v) is 6.60. The first-order chi connectivity index (χ1) is 9.69. The zero-order valence-corrected chi connectivity index (χ0v) is 12.7. The van der Waals surface area contributed by atoms with Crippen LogP contribution >= 0.6 is 0 Å². The average Bonchev–Trinajstić information content (AvgIpc) is 2.65. The molecular formula is C16H30N2O2. The second-order valence-electron chi connectivity index (χ2n) is 6.60. The van der Waals surface area contributed by atoms with Crippen LogP contribution < -0.4 is 10.6 Å². The molecule has 0 aromatic rings. The van der Waals surface area contributed by atoms with Gasteiger partial charge in [-0.2, -0.15) is 0 Å². The summed E-state index contributed by atoms with van der Waals surface area (Å²) in [7, 11) is 0. The second kappa shape index (κ2) is 7.99. The lowest BCUT2D eigenvalue weighted by molar-refractivity contribution is -0.119. The summed E-state index contributed by atoms with van der Waals surface area (Å²) >= 11 is 0. The van der Waals surface area contributed by atoms with Crippen molar-refractivity contribution in [1.29, 1.82) is 0 Å². The number of aliphatic hydroxyl groups excluding tert-OH is 1. The fourth-order valence-electron chi connectivity index (χ4n) is 3.82. The zero-order valence-electron chi connectivity index (χ0n) is 12.7. The van der Waals surface area contributed by atoms with Crippen LogP contribution in [0.2, 0.25) is 0 Å². The molecule has 1 amide bonds. The molecule has 2 fully saturated rings. The van der Waals surface area contributed by atoms with E-state index in [2.05, 4.69) is 10.6 Å². The highest BCUT2D eigenvalue weighted by molar-refractivity contribution is 5.73. The molecule has 0 spiro atoms. The zero-order chi connectivity index (χ0) is 14.4. The maximum atomic E-state index is 11.1. The molecule has 0 saturated heterocycles. The van der Waals surface area contributed by atoms with Gasteiger partial charge in [0.2, 0.25) is 5.91 Å². The van der Waals surface area contributed by atoms with Gasteiger partial charge in [0.25, 0.3) is 0 Å². The Balaban J connectivity index is 1.77. The molecule has 0 aromatic carbocycles. The van der Waals surface area contributed by atoms with Crippen LogP contribution in [0.1, 0.15) is 64.7 Å². The Labute approximate surface area is 122 Å². The van der Waals surface area contributed by atoms with Crippen molar-refractivity contribution in [3.05, 3.63) is 0 Å². The van der Waals surface area contributed by atoms with E-state index in [0.29, 0.717) is 30.7 Å². The van der Waals surface area contributed by atoms with E-state index in [4.69, 9.17) is 0 Å². The van der Waals surface area contributed by atoms with Crippen molar-refractivity contribution in [3.63, 3.8) is 0 Å². The van der Waals surface area contributed by atoms with Crippen molar-refractivity contribution in [1.82, 2.24) is 10.6 Å². The summed E-state index contributed by atoms with van der Waals surface area (Å²) in [5, 5.41) is 16.4. The van der Waals surface area contributed by atoms with Gasteiger partial charge in [0.05, 0.1) is 0 Å². The summed E-state index contributed by atoms with van der Waals surface area (Å²) in [5.74, 6) is 0.524. The molecule has 2 rings (SSSR count). The molecule has 0 aliphatic heterocycles. The van der Waals surface area contributed by atoms with Gasteiger partial charge in [-0.3, -0.25) is 4.79 Å². The van der Waals surface area contributed by atoms with Gasteiger partial charge in [0.1, 0.15) is 0 Å². The van der Waals surface area contributed by atoms with Gasteiger partial charge in [0, 0.05) is 31.7 Å². The maximum Gasteiger partial charge on any atom is 0.217 e. The normalized spacial score (nSPS) is 35.3. The lowest BCUT2D eigenvalue weighted by Gasteiger charge is -2.34. The third kappa shape index (κ3) is 4.74. The number of hydrogen-bond donors (Lipinski definition) is 3. The molecular weight excluding hydrogens is 252 g/mol. The summed E-state index contributed by atoms with van der Waals surface area (Å²) in [6.07, 6.45) is 10.7. The van der Waals surface area contributed by atoms with E-state index in [1.165, 1.54) is 25.7 Å². The van der Waals surface area contributed by atoms with E-state index < -0.39 is 0 Å². The Hall–Kier alpha value is -0.610. The Morgan fingerprint density at radius 3 is 2.30 bits per heavy atom. The molecule has 0 bridgehead atoms. The number of rotatable bonds is 4. The van der Waals surface area contributed by atoms with Gasteiger partial charge < -0.3 is 15.7 Å². The lowest BCUT2D eigenvalue weighted by atomic mass is 9.88. The van der Waals surface area contributed by atoms with Crippen LogP contribution in [0, 0.1) is 5.92 Å². The predicted octanol–water partition coefficient (Wildman–Crippen LogP) is 1.96. The minimum atomic E-state index is 0.0884. The Morgan fingerprint density at radius 2 is 1.65 bits per heavy atom. The minimum Gasteiger partial charge on any atom is -0.396 e.